The fourth-order valence-corrected chi connectivity index (χ4v) is 2.16. The molecule has 1 heterocycles. The monoisotopic (exact) mass is 306 g/mol. The summed E-state index contributed by atoms with van der Waals surface area (Å²) < 4.78 is 0. The van der Waals surface area contributed by atoms with Crippen molar-refractivity contribution in [2.75, 3.05) is 6.54 Å². The van der Waals surface area contributed by atoms with Crippen LogP contribution in [-0.2, 0) is 9.59 Å². The molecule has 5 nitrogen and oxygen atoms in total. The molecular formula is C15H15ClN2O3. The summed E-state index contributed by atoms with van der Waals surface area (Å²) in [7, 11) is 0. The van der Waals surface area contributed by atoms with E-state index in [4.69, 9.17) is 16.7 Å². The van der Waals surface area contributed by atoms with Crippen molar-refractivity contribution in [3.05, 3.63) is 40.5 Å². The molecule has 0 radical (unpaired) electrons. The average Bonchev–Trinajstić information content (AvgIpc) is 2.68. The first-order chi connectivity index (χ1) is 9.97. The Morgan fingerprint density at radius 3 is 2.67 bits per heavy atom. The van der Waals surface area contributed by atoms with Crippen LogP contribution in [0.25, 0.3) is 6.08 Å². The van der Waals surface area contributed by atoms with Gasteiger partial charge in [-0.25, -0.2) is 4.99 Å². The molecule has 0 unspecified atom stereocenters. The molecule has 1 N–H and O–H groups in total. The topological polar surface area (TPSA) is 70.0 Å². The molecule has 2 rings (SSSR count). The van der Waals surface area contributed by atoms with E-state index in [0.717, 1.165) is 5.56 Å². The molecule has 6 heteroatoms. The summed E-state index contributed by atoms with van der Waals surface area (Å²) in [5, 5.41) is 9.26. The Labute approximate surface area is 127 Å². The zero-order valence-electron chi connectivity index (χ0n) is 11.5. The van der Waals surface area contributed by atoms with E-state index in [-0.39, 0.29) is 12.3 Å². The number of carboxylic acid groups (broad SMARTS) is 1. The molecule has 0 spiro atoms. The molecular weight excluding hydrogens is 292 g/mol. The lowest BCUT2D eigenvalue weighted by Crippen LogP contribution is -2.31. The smallest absolute Gasteiger partial charge is 0.303 e. The molecule has 0 bridgehead atoms. The Kier molecular flexibility index (Phi) is 4.75. The number of hydrogen-bond acceptors (Lipinski definition) is 3. The molecule has 1 aromatic carbocycles. The first-order valence-electron chi connectivity index (χ1n) is 6.53. The lowest BCUT2D eigenvalue weighted by molar-refractivity contribution is -0.137. The van der Waals surface area contributed by atoms with Crippen LogP contribution in [0.3, 0.4) is 0 Å². The molecule has 0 saturated heterocycles. The van der Waals surface area contributed by atoms with Crippen molar-refractivity contribution in [3.8, 4) is 0 Å². The van der Waals surface area contributed by atoms with Gasteiger partial charge in [0.05, 0.1) is 0 Å². The molecule has 21 heavy (non-hydrogen) atoms. The standard InChI is InChI=1S/C15H15ClN2O3/c1-10-17-13(9-11-4-6-12(16)7-5-11)15(21)18(10)8-2-3-14(19)20/h4-7,9H,2-3,8H2,1H3,(H,19,20)/b13-9+. The van der Waals surface area contributed by atoms with E-state index in [1.165, 1.54) is 4.90 Å². The van der Waals surface area contributed by atoms with Crippen molar-refractivity contribution in [1.29, 1.82) is 0 Å². The number of aliphatic imine (C=N–C) groups is 1. The number of amidine groups is 1. The van der Waals surface area contributed by atoms with E-state index < -0.39 is 5.97 Å². The predicted octanol–water partition coefficient (Wildman–Crippen LogP) is 2.81. The number of carbonyl (C=O) groups excluding carboxylic acids is 1. The van der Waals surface area contributed by atoms with Crippen LogP contribution in [0.4, 0.5) is 0 Å². The van der Waals surface area contributed by atoms with Gasteiger partial charge in [-0.15, -0.1) is 0 Å². The van der Waals surface area contributed by atoms with Gasteiger partial charge in [0, 0.05) is 18.0 Å². The van der Waals surface area contributed by atoms with Crippen molar-refractivity contribution in [3.63, 3.8) is 0 Å². The quantitative estimate of drug-likeness (QED) is 0.850. The van der Waals surface area contributed by atoms with E-state index in [0.29, 0.717) is 29.5 Å². The Hall–Kier alpha value is -2.14. The molecule has 0 aliphatic carbocycles. The van der Waals surface area contributed by atoms with Crippen LogP contribution >= 0.6 is 11.6 Å². The van der Waals surface area contributed by atoms with Crippen LogP contribution < -0.4 is 0 Å². The first-order valence-corrected chi connectivity index (χ1v) is 6.91. The van der Waals surface area contributed by atoms with Gasteiger partial charge in [0.2, 0.25) is 0 Å². The average molecular weight is 307 g/mol. The van der Waals surface area contributed by atoms with Crippen LogP contribution in [0.5, 0.6) is 0 Å². The SMILES string of the molecule is CC1=N/C(=C/c2ccc(Cl)cc2)C(=O)N1CCCC(=O)O. The number of nitrogens with zero attached hydrogens (tertiary/aromatic N) is 2. The molecule has 110 valence electrons. The molecule has 1 aliphatic heterocycles. The van der Waals surface area contributed by atoms with Gasteiger partial charge in [-0.2, -0.15) is 0 Å². The van der Waals surface area contributed by atoms with Crippen LogP contribution in [0.2, 0.25) is 5.02 Å². The van der Waals surface area contributed by atoms with Gasteiger partial charge in [0.25, 0.3) is 5.91 Å². The van der Waals surface area contributed by atoms with E-state index in [9.17, 15) is 9.59 Å². The van der Waals surface area contributed by atoms with Crippen molar-refractivity contribution < 1.29 is 14.7 Å². The predicted molar refractivity (Wildman–Crippen MR) is 81.1 cm³/mol. The first kappa shape index (κ1) is 15.3. The normalized spacial score (nSPS) is 16.5. The maximum absolute atomic E-state index is 12.2. The van der Waals surface area contributed by atoms with E-state index in [2.05, 4.69) is 4.99 Å². The summed E-state index contributed by atoms with van der Waals surface area (Å²) in [6, 6.07) is 7.10. The van der Waals surface area contributed by atoms with Gasteiger partial charge in [0.15, 0.2) is 0 Å². The van der Waals surface area contributed by atoms with Gasteiger partial charge >= 0.3 is 5.97 Å². The van der Waals surface area contributed by atoms with Gasteiger partial charge in [-0.1, -0.05) is 23.7 Å². The zero-order valence-corrected chi connectivity index (χ0v) is 12.3. The van der Waals surface area contributed by atoms with E-state index in [1.54, 1.807) is 37.3 Å². The number of halogens is 1. The summed E-state index contributed by atoms with van der Waals surface area (Å²) in [5.41, 5.74) is 1.19. The summed E-state index contributed by atoms with van der Waals surface area (Å²) in [6.07, 6.45) is 2.13. The third-order valence-corrected chi connectivity index (χ3v) is 3.33. The van der Waals surface area contributed by atoms with Gasteiger partial charge < -0.3 is 5.11 Å². The molecule has 1 amide bonds. The summed E-state index contributed by atoms with van der Waals surface area (Å²) in [4.78, 5) is 28.5. The lowest BCUT2D eigenvalue weighted by atomic mass is 10.2. The maximum Gasteiger partial charge on any atom is 0.303 e. The van der Waals surface area contributed by atoms with Gasteiger partial charge in [0.1, 0.15) is 11.5 Å². The second-order valence-electron chi connectivity index (χ2n) is 4.69. The summed E-state index contributed by atoms with van der Waals surface area (Å²) in [6.45, 7) is 2.10. The Morgan fingerprint density at radius 2 is 2.05 bits per heavy atom. The van der Waals surface area contributed by atoms with Crippen LogP contribution in [0.15, 0.2) is 35.0 Å². The number of amides is 1. The Morgan fingerprint density at radius 1 is 1.38 bits per heavy atom. The number of carboxylic acids is 1. The Balaban J connectivity index is 2.08. The third-order valence-electron chi connectivity index (χ3n) is 3.08. The highest BCUT2D eigenvalue weighted by Gasteiger charge is 2.26. The van der Waals surface area contributed by atoms with Crippen LogP contribution in [-0.4, -0.2) is 34.3 Å². The van der Waals surface area contributed by atoms with E-state index >= 15 is 0 Å². The molecule has 1 aromatic rings. The van der Waals surface area contributed by atoms with Crippen LogP contribution in [0, 0.1) is 0 Å². The number of carbonyl (C=O) groups is 2. The molecule has 1 aliphatic rings. The summed E-state index contributed by atoms with van der Waals surface area (Å²) >= 11 is 5.81. The highest BCUT2D eigenvalue weighted by atomic mass is 35.5. The van der Waals surface area contributed by atoms with Crippen molar-refractivity contribution in [2.24, 2.45) is 4.99 Å². The second-order valence-corrected chi connectivity index (χ2v) is 5.13. The molecule has 0 saturated carbocycles. The van der Waals surface area contributed by atoms with Crippen LogP contribution in [0.1, 0.15) is 25.3 Å². The second kappa shape index (κ2) is 6.54. The highest BCUT2D eigenvalue weighted by Crippen LogP contribution is 2.19. The number of rotatable bonds is 5. The van der Waals surface area contributed by atoms with E-state index in [1.807, 2.05) is 0 Å². The third kappa shape index (κ3) is 3.92. The molecule has 0 aromatic heterocycles. The fraction of sp³-hybridized carbons (Fsp3) is 0.267. The highest BCUT2D eigenvalue weighted by molar-refractivity contribution is 6.30. The summed E-state index contributed by atoms with van der Waals surface area (Å²) in [5.74, 6) is -0.480. The maximum atomic E-state index is 12.2. The number of benzene rings is 1. The van der Waals surface area contributed by atoms with Gasteiger partial charge in [-0.3, -0.25) is 14.5 Å². The number of hydrogen-bond donors (Lipinski definition) is 1. The van der Waals surface area contributed by atoms with Crippen molar-refractivity contribution >= 4 is 35.4 Å². The lowest BCUT2D eigenvalue weighted by Gasteiger charge is -2.14. The minimum Gasteiger partial charge on any atom is -0.481 e. The largest absolute Gasteiger partial charge is 0.481 e. The van der Waals surface area contributed by atoms with Crippen molar-refractivity contribution in [2.45, 2.75) is 19.8 Å². The minimum atomic E-state index is -0.867. The van der Waals surface area contributed by atoms with Crippen molar-refractivity contribution in [1.82, 2.24) is 4.90 Å². The molecule has 0 atom stereocenters. The minimum absolute atomic E-state index is 0.0350. The zero-order chi connectivity index (χ0) is 15.4. The van der Waals surface area contributed by atoms with Gasteiger partial charge in [-0.05, 0) is 37.1 Å². The number of aliphatic carboxylic acids is 1. The fourth-order valence-electron chi connectivity index (χ4n) is 2.03. The molecule has 0 fully saturated rings. The Bertz CT molecular complexity index is 620.